The average molecular weight is 266 g/mol. The predicted octanol–water partition coefficient (Wildman–Crippen LogP) is 4.96. The summed E-state index contributed by atoms with van der Waals surface area (Å²) in [6, 6.07) is 9.14. The molecule has 1 aliphatic rings. The lowest BCUT2D eigenvalue weighted by molar-refractivity contribution is 0.330. The first-order chi connectivity index (χ1) is 8.68. The SMILES string of the molecule is CC(NC1CCCCCC1C)c1ccccc1Cl. The average Bonchev–Trinajstić information content (AvgIpc) is 2.55. The maximum Gasteiger partial charge on any atom is 0.0453 e. The fourth-order valence-corrected chi connectivity index (χ4v) is 3.28. The predicted molar refractivity (Wildman–Crippen MR) is 79.0 cm³/mol. The summed E-state index contributed by atoms with van der Waals surface area (Å²) in [5.41, 5.74) is 1.22. The quantitative estimate of drug-likeness (QED) is 0.762. The number of hydrogen-bond acceptors (Lipinski definition) is 1. The van der Waals surface area contributed by atoms with Crippen LogP contribution in [0.2, 0.25) is 5.02 Å². The van der Waals surface area contributed by atoms with Crippen LogP contribution in [0.4, 0.5) is 0 Å². The van der Waals surface area contributed by atoms with Crippen molar-refractivity contribution in [3.63, 3.8) is 0 Å². The second-order valence-electron chi connectivity index (χ2n) is 5.63. The molecule has 3 atom stereocenters. The lowest BCUT2D eigenvalue weighted by Crippen LogP contribution is -2.36. The molecule has 0 aromatic heterocycles. The highest BCUT2D eigenvalue weighted by Gasteiger charge is 2.22. The first-order valence-electron chi connectivity index (χ1n) is 7.19. The van der Waals surface area contributed by atoms with Gasteiger partial charge in [-0.1, -0.05) is 56.0 Å². The van der Waals surface area contributed by atoms with E-state index in [0.29, 0.717) is 12.1 Å². The summed E-state index contributed by atoms with van der Waals surface area (Å²) in [4.78, 5) is 0. The van der Waals surface area contributed by atoms with Crippen LogP contribution in [0, 0.1) is 5.92 Å². The normalized spacial score (nSPS) is 26.6. The van der Waals surface area contributed by atoms with Crippen molar-refractivity contribution in [1.82, 2.24) is 5.32 Å². The third-order valence-corrected chi connectivity index (χ3v) is 4.54. The Hall–Kier alpha value is -0.530. The number of benzene rings is 1. The molecule has 2 heteroatoms. The van der Waals surface area contributed by atoms with Crippen LogP contribution in [-0.2, 0) is 0 Å². The molecular weight excluding hydrogens is 242 g/mol. The number of halogens is 1. The summed E-state index contributed by atoms with van der Waals surface area (Å²) in [5, 5.41) is 4.66. The highest BCUT2D eigenvalue weighted by Crippen LogP contribution is 2.27. The summed E-state index contributed by atoms with van der Waals surface area (Å²) < 4.78 is 0. The summed E-state index contributed by atoms with van der Waals surface area (Å²) in [6.07, 6.45) is 6.79. The van der Waals surface area contributed by atoms with E-state index in [9.17, 15) is 0 Å². The van der Waals surface area contributed by atoms with Gasteiger partial charge in [-0.05, 0) is 37.3 Å². The van der Waals surface area contributed by atoms with E-state index in [1.165, 1.54) is 37.7 Å². The molecule has 1 N–H and O–H groups in total. The summed E-state index contributed by atoms with van der Waals surface area (Å²) in [6.45, 7) is 4.60. The second kappa shape index (κ2) is 6.58. The third kappa shape index (κ3) is 3.49. The van der Waals surface area contributed by atoms with Crippen molar-refractivity contribution in [2.24, 2.45) is 5.92 Å². The minimum atomic E-state index is 0.337. The van der Waals surface area contributed by atoms with Crippen LogP contribution >= 0.6 is 11.6 Å². The Bertz CT molecular complexity index is 377. The minimum Gasteiger partial charge on any atom is -0.307 e. The fourth-order valence-electron chi connectivity index (χ4n) is 2.98. The molecule has 0 radical (unpaired) electrons. The van der Waals surface area contributed by atoms with E-state index < -0.39 is 0 Å². The molecule has 3 unspecified atom stereocenters. The van der Waals surface area contributed by atoms with Crippen LogP contribution in [0.25, 0.3) is 0 Å². The monoisotopic (exact) mass is 265 g/mol. The Morgan fingerprint density at radius 2 is 1.89 bits per heavy atom. The molecule has 18 heavy (non-hydrogen) atoms. The highest BCUT2D eigenvalue weighted by molar-refractivity contribution is 6.31. The number of nitrogens with one attached hydrogen (secondary N) is 1. The van der Waals surface area contributed by atoms with Crippen molar-refractivity contribution in [3.8, 4) is 0 Å². The molecule has 1 fully saturated rings. The van der Waals surface area contributed by atoms with Gasteiger partial charge in [-0.2, -0.15) is 0 Å². The molecule has 1 saturated carbocycles. The van der Waals surface area contributed by atoms with Crippen LogP contribution < -0.4 is 5.32 Å². The standard InChI is InChI=1S/C16H24ClN/c1-12-8-4-3-5-11-16(12)18-13(2)14-9-6-7-10-15(14)17/h6-7,9-10,12-13,16,18H,3-5,8,11H2,1-2H3. The first-order valence-corrected chi connectivity index (χ1v) is 7.56. The van der Waals surface area contributed by atoms with Gasteiger partial charge in [0.05, 0.1) is 0 Å². The molecular formula is C16H24ClN. The molecule has 0 spiro atoms. The van der Waals surface area contributed by atoms with Crippen molar-refractivity contribution < 1.29 is 0 Å². The maximum atomic E-state index is 6.27. The Morgan fingerprint density at radius 3 is 2.67 bits per heavy atom. The Morgan fingerprint density at radius 1 is 1.17 bits per heavy atom. The molecule has 0 heterocycles. The van der Waals surface area contributed by atoms with Crippen LogP contribution in [-0.4, -0.2) is 6.04 Å². The Kier molecular flexibility index (Phi) is 5.08. The summed E-state index contributed by atoms with van der Waals surface area (Å²) in [5.74, 6) is 0.775. The van der Waals surface area contributed by atoms with Crippen molar-refractivity contribution in [1.29, 1.82) is 0 Å². The lowest BCUT2D eigenvalue weighted by Gasteiger charge is -2.27. The van der Waals surface area contributed by atoms with Gasteiger partial charge in [0.2, 0.25) is 0 Å². The number of rotatable bonds is 3. The molecule has 0 bridgehead atoms. The van der Waals surface area contributed by atoms with Crippen molar-refractivity contribution in [2.45, 2.75) is 58.0 Å². The van der Waals surface area contributed by atoms with Crippen LogP contribution in [0.3, 0.4) is 0 Å². The van der Waals surface area contributed by atoms with Gasteiger partial charge in [-0.15, -0.1) is 0 Å². The Balaban J connectivity index is 2.02. The van der Waals surface area contributed by atoms with Crippen LogP contribution in [0.5, 0.6) is 0 Å². The largest absolute Gasteiger partial charge is 0.307 e. The van der Waals surface area contributed by atoms with Gasteiger partial charge in [0.1, 0.15) is 0 Å². The van der Waals surface area contributed by atoms with Gasteiger partial charge in [0.15, 0.2) is 0 Å². The van der Waals surface area contributed by atoms with Crippen molar-refractivity contribution in [2.75, 3.05) is 0 Å². The van der Waals surface area contributed by atoms with Gasteiger partial charge in [-0.3, -0.25) is 0 Å². The molecule has 1 aliphatic carbocycles. The highest BCUT2D eigenvalue weighted by atomic mass is 35.5. The van der Waals surface area contributed by atoms with E-state index >= 15 is 0 Å². The maximum absolute atomic E-state index is 6.27. The minimum absolute atomic E-state index is 0.337. The molecule has 0 aliphatic heterocycles. The van der Waals surface area contributed by atoms with E-state index in [1.807, 2.05) is 12.1 Å². The zero-order valence-electron chi connectivity index (χ0n) is 11.5. The molecule has 0 amide bonds. The van der Waals surface area contributed by atoms with Gasteiger partial charge in [0.25, 0.3) is 0 Å². The summed E-state index contributed by atoms with van der Waals surface area (Å²) >= 11 is 6.27. The molecule has 1 aromatic carbocycles. The Labute approximate surface area is 116 Å². The van der Waals surface area contributed by atoms with Gasteiger partial charge >= 0.3 is 0 Å². The molecule has 1 nitrogen and oxygen atoms in total. The smallest absolute Gasteiger partial charge is 0.0453 e. The van der Waals surface area contributed by atoms with E-state index in [0.717, 1.165) is 10.9 Å². The topological polar surface area (TPSA) is 12.0 Å². The molecule has 100 valence electrons. The third-order valence-electron chi connectivity index (χ3n) is 4.20. The van der Waals surface area contributed by atoms with E-state index in [-0.39, 0.29) is 0 Å². The van der Waals surface area contributed by atoms with E-state index in [2.05, 4.69) is 31.3 Å². The molecule has 2 rings (SSSR count). The lowest BCUT2D eigenvalue weighted by atomic mass is 9.95. The van der Waals surface area contributed by atoms with Crippen molar-refractivity contribution >= 4 is 11.6 Å². The zero-order valence-corrected chi connectivity index (χ0v) is 12.2. The molecule has 0 saturated heterocycles. The zero-order chi connectivity index (χ0) is 13.0. The first kappa shape index (κ1) is 13.9. The van der Waals surface area contributed by atoms with E-state index in [1.54, 1.807) is 0 Å². The van der Waals surface area contributed by atoms with Crippen LogP contribution in [0.15, 0.2) is 24.3 Å². The van der Waals surface area contributed by atoms with Gasteiger partial charge in [-0.25, -0.2) is 0 Å². The second-order valence-corrected chi connectivity index (χ2v) is 6.04. The number of hydrogen-bond donors (Lipinski definition) is 1. The van der Waals surface area contributed by atoms with Crippen LogP contribution in [0.1, 0.15) is 57.6 Å². The van der Waals surface area contributed by atoms with Crippen molar-refractivity contribution in [3.05, 3.63) is 34.9 Å². The van der Waals surface area contributed by atoms with Gasteiger partial charge in [0, 0.05) is 17.1 Å². The molecule has 1 aromatic rings. The van der Waals surface area contributed by atoms with Gasteiger partial charge < -0.3 is 5.32 Å². The summed E-state index contributed by atoms with van der Waals surface area (Å²) in [7, 11) is 0. The fraction of sp³-hybridized carbons (Fsp3) is 0.625. The van der Waals surface area contributed by atoms with E-state index in [4.69, 9.17) is 11.6 Å².